The van der Waals surface area contributed by atoms with Gasteiger partial charge in [-0.3, -0.25) is 4.79 Å². The summed E-state index contributed by atoms with van der Waals surface area (Å²) in [5, 5.41) is 0.670. The molecule has 0 aliphatic carbocycles. The van der Waals surface area contributed by atoms with Gasteiger partial charge in [0, 0.05) is 17.7 Å². The summed E-state index contributed by atoms with van der Waals surface area (Å²) in [6, 6.07) is 12.8. The molecule has 0 saturated carbocycles. The molecule has 0 fully saturated rings. The zero-order chi connectivity index (χ0) is 11.4. The summed E-state index contributed by atoms with van der Waals surface area (Å²) in [5.74, 6) is 0.0907. The maximum absolute atomic E-state index is 11.8. The third-order valence-electron chi connectivity index (χ3n) is 2.27. The quantitative estimate of drug-likeness (QED) is 0.589. The van der Waals surface area contributed by atoms with Crippen LogP contribution >= 0.6 is 11.6 Å². The van der Waals surface area contributed by atoms with Crippen molar-refractivity contribution in [3.05, 3.63) is 65.4 Å². The molecule has 2 nitrogen and oxygen atoms in total. The van der Waals surface area contributed by atoms with Gasteiger partial charge in [-0.25, -0.2) is 0 Å². The van der Waals surface area contributed by atoms with Crippen molar-refractivity contribution in [2.75, 3.05) is 0 Å². The van der Waals surface area contributed by atoms with Crippen LogP contribution in [0.15, 0.2) is 54.9 Å². The van der Waals surface area contributed by atoms with Crippen molar-refractivity contribution < 1.29 is 9.36 Å². The second-order valence-electron chi connectivity index (χ2n) is 3.48. The first-order chi connectivity index (χ1) is 7.75. The van der Waals surface area contributed by atoms with Gasteiger partial charge in [0.1, 0.15) is 0 Å². The summed E-state index contributed by atoms with van der Waals surface area (Å²) in [6.45, 7) is 0.335. The standard InChI is InChI=1S/C13H11ClNO/c14-12-6-8-15(9-7-12)10-13(16)11-4-2-1-3-5-11/h1-9H,10H2/q+1. The van der Waals surface area contributed by atoms with Gasteiger partial charge in [-0.15, -0.1) is 0 Å². The largest absolute Gasteiger partial charge is 0.287 e. The van der Waals surface area contributed by atoms with Gasteiger partial charge in [-0.1, -0.05) is 41.9 Å². The van der Waals surface area contributed by atoms with Crippen molar-refractivity contribution in [1.29, 1.82) is 0 Å². The molecule has 0 saturated heterocycles. The lowest BCUT2D eigenvalue weighted by atomic mass is 10.1. The van der Waals surface area contributed by atoms with Crippen LogP contribution in [0.5, 0.6) is 0 Å². The number of hydrogen-bond acceptors (Lipinski definition) is 1. The van der Waals surface area contributed by atoms with Gasteiger partial charge in [-0.05, 0) is 0 Å². The highest BCUT2D eigenvalue weighted by atomic mass is 35.5. The summed E-state index contributed by atoms with van der Waals surface area (Å²) in [5.41, 5.74) is 0.727. The fourth-order valence-corrected chi connectivity index (χ4v) is 1.54. The third kappa shape index (κ3) is 2.67. The number of pyridine rings is 1. The SMILES string of the molecule is O=C(C[n+]1ccc(Cl)cc1)c1ccccc1. The maximum atomic E-state index is 11.8. The highest BCUT2D eigenvalue weighted by molar-refractivity contribution is 6.30. The number of aromatic nitrogens is 1. The molecular weight excluding hydrogens is 222 g/mol. The summed E-state index contributed by atoms with van der Waals surface area (Å²) in [7, 11) is 0. The Morgan fingerprint density at radius 1 is 1.06 bits per heavy atom. The van der Waals surface area contributed by atoms with Gasteiger partial charge in [0.15, 0.2) is 12.4 Å². The summed E-state index contributed by atoms with van der Waals surface area (Å²) in [6.07, 6.45) is 3.59. The van der Waals surface area contributed by atoms with E-state index in [1.54, 1.807) is 29.1 Å². The van der Waals surface area contributed by atoms with Crippen LogP contribution in [0.4, 0.5) is 0 Å². The van der Waals surface area contributed by atoms with Crippen molar-refractivity contribution in [2.24, 2.45) is 0 Å². The first kappa shape index (κ1) is 10.8. The van der Waals surface area contributed by atoms with Gasteiger partial charge in [-0.2, -0.15) is 4.57 Å². The Kier molecular flexibility index (Phi) is 3.32. The summed E-state index contributed by atoms with van der Waals surface area (Å²) in [4.78, 5) is 11.8. The zero-order valence-corrected chi connectivity index (χ0v) is 9.39. The van der Waals surface area contributed by atoms with Gasteiger partial charge in [0.05, 0.1) is 5.02 Å². The maximum Gasteiger partial charge on any atom is 0.227 e. The number of halogens is 1. The first-order valence-electron chi connectivity index (χ1n) is 4.98. The molecular formula is C13H11ClNO+. The van der Waals surface area contributed by atoms with Crippen molar-refractivity contribution in [1.82, 2.24) is 0 Å². The molecule has 2 rings (SSSR count). The molecule has 1 heterocycles. The second-order valence-corrected chi connectivity index (χ2v) is 3.91. The van der Waals surface area contributed by atoms with Gasteiger partial charge < -0.3 is 0 Å². The molecule has 0 radical (unpaired) electrons. The third-order valence-corrected chi connectivity index (χ3v) is 2.52. The number of rotatable bonds is 3. The molecule has 0 amide bonds. The van der Waals surface area contributed by atoms with Crippen LogP contribution in [0.2, 0.25) is 5.02 Å². The average Bonchev–Trinajstić information content (AvgIpc) is 2.33. The highest BCUT2D eigenvalue weighted by Crippen LogP contribution is 2.03. The molecule has 0 unspecified atom stereocenters. The fraction of sp³-hybridized carbons (Fsp3) is 0.0769. The van der Waals surface area contributed by atoms with E-state index in [4.69, 9.17) is 11.6 Å². The van der Waals surface area contributed by atoms with E-state index in [1.165, 1.54) is 0 Å². The minimum atomic E-state index is 0.0907. The number of nitrogens with zero attached hydrogens (tertiary/aromatic N) is 1. The van der Waals surface area contributed by atoms with Crippen LogP contribution in [-0.2, 0) is 6.54 Å². The van der Waals surface area contributed by atoms with Crippen molar-refractivity contribution in [2.45, 2.75) is 6.54 Å². The topological polar surface area (TPSA) is 20.9 Å². The fourth-order valence-electron chi connectivity index (χ4n) is 1.43. The normalized spacial score (nSPS) is 10.1. The highest BCUT2D eigenvalue weighted by Gasteiger charge is 2.10. The van der Waals surface area contributed by atoms with Crippen LogP contribution < -0.4 is 4.57 Å². The number of carbonyl (C=O) groups excluding carboxylic acids is 1. The Morgan fingerprint density at radius 3 is 2.31 bits per heavy atom. The number of Topliss-reactive ketones (excluding diaryl/α,β-unsaturated/α-hetero) is 1. The lowest BCUT2D eigenvalue weighted by molar-refractivity contribution is -0.683. The first-order valence-corrected chi connectivity index (χ1v) is 5.36. The molecule has 0 N–H and O–H groups in total. The Bertz CT molecular complexity index is 479. The smallest absolute Gasteiger partial charge is 0.227 e. The van der Waals surface area contributed by atoms with E-state index < -0.39 is 0 Å². The van der Waals surface area contributed by atoms with Gasteiger partial charge in [0.25, 0.3) is 0 Å². The molecule has 0 atom stereocenters. The summed E-state index contributed by atoms with van der Waals surface area (Å²) >= 11 is 5.77. The number of hydrogen-bond donors (Lipinski definition) is 0. The van der Waals surface area contributed by atoms with E-state index in [2.05, 4.69) is 0 Å². The van der Waals surface area contributed by atoms with Gasteiger partial charge in [0.2, 0.25) is 12.3 Å². The Balaban J connectivity index is 2.11. The van der Waals surface area contributed by atoms with Gasteiger partial charge >= 0.3 is 0 Å². The van der Waals surface area contributed by atoms with E-state index >= 15 is 0 Å². The lowest BCUT2D eigenvalue weighted by Crippen LogP contribution is -2.36. The molecule has 2 aromatic rings. The van der Waals surface area contributed by atoms with Crippen molar-refractivity contribution >= 4 is 17.4 Å². The molecule has 1 aromatic heterocycles. The molecule has 0 aliphatic heterocycles. The van der Waals surface area contributed by atoms with E-state index in [-0.39, 0.29) is 5.78 Å². The van der Waals surface area contributed by atoms with Crippen molar-refractivity contribution in [3.8, 4) is 0 Å². The Labute approximate surface area is 99.1 Å². The molecule has 0 bridgehead atoms. The number of benzene rings is 1. The number of carbonyl (C=O) groups is 1. The molecule has 0 spiro atoms. The molecule has 80 valence electrons. The summed E-state index contributed by atoms with van der Waals surface area (Å²) < 4.78 is 1.81. The molecule has 3 heteroatoms. The zero-order valence-electron chi connectivity index (χ0n) is 8.64. The predicted molar refractivity (Wildman–Crippen MR) is 62.4 cm³/mol. The van der Waals surface area contributed by atoms with Crippen molar-refractivity contribution in [3.63, 3.8) is 0 Å². The van der Waals surface area contributed by atoms with E-state index in [1.807, 2.05) is 30.3 Å². The predicted octanol–water partition coefficient (Wildman–Crippen LogP) is 2.51. The molecule has 0 aliphatic rings. The molecule has 16 heavy (non-hydrogen) atoms. The number of ketones is 1. The average molecular weight is 233 g/mol. The van der Waals surface area contributed by atoms with E-state index in [0.717, 1.165) is 5.56 Å². The van der Waals surface area contributed by atoms with E-state index in [0.29, 0.717) is 11.6 Å². The minimum absolute atomic E-state index is 0.0907. The Morgan fingerprint density at radius 2 is 1.69 bits per heavy atom. The van der Waals surface area contributed by atoms with Crippen LogP contribution in [0.1, 0.15) is 10.4 Å². The monoisotopic (exact) mass is 232 g/mol. The Hall–Kier alpha value is -1.67. The minimum Gasteiger partial charge on any atom is -0.287 e. The van der Waals surface area contributed by atoms with E-state index in [9.17, 15) is 4.79 Å². The lowest BCUT2D eigenvalue weighted by Gasteiger charge is -1.97. The van der Waals surface area contributed by atoms with Crippen LogP contribution in [0.25, 0.3) is 0 Å². The molecule has 1 aromatic carbocycles. The van der Waals surface area contributed by atoms with Crippen LogP contribution in [0.3, 0.4) is 0 Å². The van der Waals surface area contributed by atoms with Crippen LogP contribution in [0, 0.1) is 0 Å². The van der Waals surface area contributed by atoms with Crippen LogP contribution in [-0.4, -0.2) is 5.78 Å². The second kappa shape index (κ2) is 4.90.